The van der Waals surface area contributed by atoms with Crippen LogP contribution in [0.3, 0.4) is 0 Å². The quantitative estimate of drug-likeness (QED) is 0.812. The molecule has 0 aliphatic rings. The van der Waals surface area contributed by atoms with Gasteiger partial charge in [0, 0.05) is 23.7 Å². The lowest BCUT2D eigenvalue weighted by molar-refractivity contribution is 0.0854. The monoisotopic (exact) mass is 199 g/mol. The third-order valence-corrected chi connectivity index (χ3v) is 2.29. The fourth-order valence-electron chi connectivity index (χ4n) is 1.33. The predicted molar refractivity (Wildman–Crippen MR) is 54.9 cm³/mol. The Balaban J connectivity index is 2.97. The van der Waals surface area contributed by atoms with Crippen LogP contribution >= 0.6 is 11.6 Å². The lowest BCUT2D eigenvalue weighted by atomic mass is 10.0. The molecule has 0 aromatic heterocycles. The van der Waals surface area contributed by atoms with Gasteiger partial charge in [0.2, 0.25) is 0 Å². The van der Waals surface area contributed by atoms with Crippen LogP contribution in [0.4, 0.5) is 0 Å². The molecule has 0 aliphatic carbocycles. The van der Waals surface area contributed by atoms with E-state index >= 15 is 0 Å². The first-order valence-corrected chi connectivity index (χ1v) is 4.57. The Hall–Kier alpha value is -0.570. The molecule has 0 saturated carbocycles. The molecule has 0 unspecified atom stereocenters. The Bertz CT molecular complexity index is 275. The first-order valence-electron chi connectivity index (χ1n) is 4.19. The maximum absolute atomic E-state index is 6.01. The second kappa shape index (κ2) is 4.61. The molecule has 1 aromatic carbocycles. The van der Waals surface area contributed by atoms with Gasteiger partial charge < -0.3 is 10.5 Å². The van der Waals surface area contributed by atoms with Gasteiger partial charge in [0.15, 0.2) is 0 Å². The van der Waals surface area contributed by atoms with E-state index in [1.807, 2.05) is 31.2 Å². The third kappa shape index (κ3) is 2.44. The Kier molecular flexibility index (Phi) is 3.72. The molecular weight excluding hydrogens is 186 g/mol. The van der Waals surface area contributed by atoms with Crippen molar-refractivity contribution in [1.82, 2.24) is 0 Å². The number of halogens is 1. The van der Waals surface area contributed by atoms with E-state index in [1.165, 1.54) is 0 Å². The molecule has 0 fully saturated rings. The summed E-state index contributed by atoms with van der Waals surface area (Å²) in [5.41, 5.74) is 6.71. The second-order valence-corrected chi connectivity index (χ2v) is 3.44. The summed E-state index contributed by atoms with van der Waals surface area (Å²) >= 11 is 6.01. The van der Waals surface area contributed by atoms with E-state index in [0.717, 1.165) is 5.56 Å². The maximum atomic E-state index is 6.01. The standard InChI is InChI=1S/C10H14ClNO/c1-7(12)10(13-2)8-5-3-4-6-9(8)11/h3-7,10H,12H2,1-2H3/t7-,10-/m0/s1. The maximum Gasteiger partial charge on any atom is 0.0983 e. The molecule has 0 spiro atoms. The average Bonchev–Trinajstić information content (AvgIpc) is 2.09. The Labute approximate surface area is 83.6 Å². The van der Waals surface area contributed by atoms with E-state index in [0.29, 0.717) is 5.02 Å². The lowest BCUT2D eigenvalue weighted by Crippen LogP contribution is -2.26. The van der Waals surface area contributed by atoms with Crippen molar-refractivity contribution < 1.29 is 4.74 Å². The van der Waals surface area contributed by atoms with E-state index in [9.17, 15) is 0 Å². The molecule has 13 heavy (non-hydrogen) atoms. The summed E-state index contributed by atoms with van der Waals surface area (Å²) in [4.78, 5) is 0. The molecule has 0 saturated heterocycles. The van der Waals surface area contributed by atoms with Crippen LogP contribution in [-0.2, 0) is 4.74 Å². The van der Waals surface area contributed by atoms with Crippen molar-refractivity contribution in [2.24, 2.45) is 5.73 Å². The van der Waals surface area contributed by atoms with Gasteiger partial charge in [0.1, 0.15) is 0 Å². The number of benzene rings is 1. The van der Waals surface area contributed by atoms with Gasteiger partial charge in [-0.15, -0.1) is 0 Å². The zero-order valence-corrected chi connectivity index (χ0v) is 8.58. The summed E-state index contributed by atoms with van der Waals surface area (Å²) in [6, 6.07) is 7.52. The summed E-state index contributed by atoms with van der Waals surface area (Å²) in [6.07, 6.45) is -0.131. The van der Waals surface area contributed by atoms with Crippen molar-refractivity contribution in [1.29, 1.82) is 0 Å². The van der Waals surface area contributed by atoms with E-state index in [2.05, 4.69) is 0 Å². The molecule has 2 N–H and O–H groups in total. The molecule has 0 amide bonds. The van der Waals surface area contributed by atoms with Crippen molar-refractivity contribution in [3.8, 4) is 0 Å². The normalized spacial score (nSPS) is 15.4. The molecule has 0 radical (unpaired) electrons. The van der Waals surface area contributed by atoms with Crippen LogP contribution in [0.5, 0.6) is 0 Å². The Morgan fingerprint density at radius 2 is 2.00 bits per heavy atom. The summed E-state index contributed by atoms with van der Waals surface area (Å²) in [5.74, 6) is 0. The molecule has 72 valence electrons. The van der Waals surface area contributed by atoms with E-state index in [-0.39, 0.29) is 12.1 Å². The van der Waals surface area contributed by atoms with Crippen molar-refractivity contribution >= 4 is 11.6 Å². The molecule has 3 heteroatoms. The van der Waals surface area contributed by atoms with Gasteiger partial charge in [-0.1, -0.05) is 29.8 Å². The van der Waals surface area contributed by atoms with Crippen LogP contribution in [0.2, 0.25) is 5.02 Å². The van der Waals surface area contributed by atoms with E-state index in [1.54, 1.807) is 7.11 Å². The van der Waals surface area contributed by atoms with Crippen molar-refractivity contribution in [2.75, 3.05) is 7.11 Å². The largest absolute Gasteiger partial charge is 0.375 e. The highest BCUT2D eigenvalue weighted by Gasteiger charge is 2.17. The molecule has 0 bridgehead atoms. The van der Waals surface area contributed by atoms with Gasteiger partial charge >= 0.3 is 0 Å². The molecule has 1 aromatic rings. The predicted octanol–water partition coefficient (Wildman–Crippen LogP) is 2.37. The number of methoxy groups -OCH3 is 1. The van der Waals surface area contributed by atoms with Crippen molar-refractivity contribution in [2.45, 2.75) is 19.1 Å². The van der Waals surface area contributed by atoms with Gasteiger partial charge in [-0.05, 0) is 13.0 Å². The summed E-state index contributed by atoms with van der Waals surface area (Å²) in [5, 5.41) is 0.701. The summed E-state index contributed by atoms with van der Waals surface area (Å²) < 4.78 is 5.27. The Morgan fingerprint density at radius 1 is 1.38 bits per heavy atom. The average molecular weight is 200 g/mol. The zero-order chi connectivity index (χ0) is 9.84. The summed E-state index contributed by atoms with van der Waals surface area (Å²) in [7, 11) is 1.64. The second-order valence-electron chi connectivity index (χ2n) is 3.04. The fourth-order valence-corrected chi connectivity index (χ4v) is 1.57. The smallest absolute Gasteiger partial charge is 0.0983 e. The van der Waals surface area contributed by atoms with E-state index < -0.39 is 0 Å². The van der Waals surface area contributed by atoms with Crippen molar-refractivity contribution in [3.63, 3.8) is 0 Å². The molecule has 2 nitrogen and oxygen atoms in total. The van der Waals surface area contributed by atoms with Crippen molar-refractivity contribution in [3.05, 3.63) is 34.9 Å². The summed E-state index contributed by atoms with van der Waals surface area (Å²) in [6.45, 7) is 1.90. The van der Waals surface area contributed by atoms with E-state index in [4.69, 9.17) is 22.1 Å². The van der Waals surface area contributed by atoms with Crippen LogP contribution in [0.15, 0.2) is 24.3 Å². The SMILES string of the molecule is CO[C@H](c1ccccc1Cl)[C@H](C)N. The first-order chi connectivity index (χ1) is 6.16. The first kappa shape index (κ1) is 10.5. The van der Waals surface area contributed by atoms with Crippen LogP contribution < -0.4 is 5.73 Å². The third-order valence-electron chi connectivity index (χ3n) is 1.94. The van der Waals surface area contributed by atoms with Crippen LogP contribution in [-0.4, -0.2) is 13.2 Å². The highest BCUT2D eigenvalue weighted by Crippen LogP contribution is 2.26. The van der Waals surface area contributed by atoms with Gasteiger partial charge in [0.25, 0.3) is 0 Å². The molecule has 1 rings (SSSR count). The number of nitrogens with two attached hydrogens (primary N) is 1. The highest BCUT2D eigenvalue weighted by atomic mass is 35.5. The number of hydrogen-bond donors (Lipinski definition) is 1. The minimum Gasteiger partial charge on any atom is -0.375 e. The van der Waals surface area contributed by atoms with Crippen LogP contribution in [0.1, 0.15) is 18.6 Å². The molecule has 2 atom stereocenters. The molecular formula is C10H14ClNO. The minimum atomic E-state index is -0.131. The lowest BCUT2D eigenvalue weighted by Gasteiger charge is -2.20. The van der Waals surface area contributed by atoms with Crippen LogP contribution in [0, 0.1) is 0 Å². The zero-order valence-electron chi connectivity index (χ0n) is 7.83. The topological polar surface area (TPSA) is 35.2 Å². The fraction of sp³-hybridized carbons (Fsp3) is 0.400. The number of hydrogen-bond acceptors (Lipinski definition) is 2. The Morgan fingerprint density at radius 3 is 2.46 bits per heavy atom. The minimum absolute atomic E-state index is 0.0649. The van der Waals surface area contributed by atoms with Gasteiger partial charge in [-0.25, -0.2) is 0 Å². The number of ether oxygens (including phenoxy) is 1. The molecule has 0 aliphatic heterocycles. The number of rotatable bonds is 3. The van der Waals surface area contributed by atoms with Crippen LogP contribution in [0.25, 0.3) is 0 Å². The van der Waals surface area contributed by atoms with Gasteiger partial charge in [-0.3, -0.25) is 0 Å². The highest BCUT2D eigenvalue weighted by molar-refractivity contribution is 6.31. The van der Waals surface area contributed by atoms with Gasteiger partial charge in [-0.2, -0.15) is 0 Å². The van der Waals surface area contributed by atoms with Gasteiger partial charge in [0.05, 0.1) is 6.10 Å². The molecule has 0 heterocycles.